The third kappa shape index (κ3) is 5.37. The summed E-state index contributed by atoms with van der Waals surface area (Å²) in [5.74, 6) is -0.454. The molecule has 3 rings (SSSR count). The van der Waals surface area contributed by atoms with Gasteiger partial charge in [-0.05, 0) is 30.5 Å². The van der Waals surface area contributed by atoms with Crippen molar-refractivity contribution in [2.45, 2.75) is 57.9 Å². The molecule has 0 aromatic heterocycles. The van der Waals surface area contributed by atoms with Crippen LogP contribution in [0, 0.1) is 5.92 Å². The number of amides is 2. The number of hydrogen-bond donors (Lipinski definition) is 1. The quantitative estimate of drug-likeness (QED) is 0.357. The number of carbonyl (C=O) groups excluding carboxylic acids is 3. The number of likely N-dealkylation sites (tertiary alicyclic amines) is 1. The Hall–Kier alpha value is -2.71. The number of aliphatic hydroxyl groups excluding tert-OH is 1. The molecule has 2 aliphatic rings. The van der Waals surface area contributed by atoms with Gasteiger partial charge >= 0.3 is 5.97 Å². The fourth-order valence-electron chi connectivity index (χ4n) is 4.42. The number of hydrogen-bond acceptors (Lipinski definition) is 6. The summed E-state index contributed by atoms with van der Waals surface area (Å²) in [4.78, 5) is 38.8. The van der Waals surface area contributed by atoms with Crippen molar-refractivity contribution < 1.29 is 29.0 Å². The normalized spacial score (nSPS) is 22.7. The molecule has 2 aliphatic heterocycles. The molecule has 0 saturated carbocycles. The second-order valence-electron chi connectivity index (χ2n) is 8.34. The van der Waals surface area contributed by atoms with Crippen LogP contribution in [0.2, 0.25) is 0 Å². The predicted molar refractivity (Wildman–Crippen MR) is 119 cm³/mol. The average Bonchev–Trinajstić information content (AvgIpc) is 3.23. The van der Waals surface area contributed by atoms with E-state index in [-0.39, 0.29) is 42.9 Å². The molecule has 2 fully saturated rings. The lowest BCUT2D eigenvalue weighted by Gasteiger charge is -2.39. The van der Waals surface area contributed by atoms with Crippen LogP contribution in [0.4, 0.5) is 5.69 Å². The fraction of sp³-hybridized carbons (Fsp3) is 0.542. The number of anilines is 1. The van der Waals surface area contributed by atoms with Crippen LogP contribution in [-0.4, -0.2) is 60.3 Å². The van der Waals surface area contributed by atoms with Crippen molar-refractivity contribution in [3.05, 3.63) is 42.0 Å². The molecule has 1 unspecified atom stereocenters. The average molecular weight is 445 g/mol. The van der Waals surface area contributed by atoms with Gasteiger partial charge in [0.1, 0.15) is 0 Å². The summed E-state index contributed by atoms with van der Waals surface area (Å²) < 4.78 is 10.9. The highest BCUT2D eigenvalue weighted by Crippen LogP contribution is 2.32. The lowest BCUT2D eigenvalue weighted by Crippen LogP contribution is -2.54. The highest BCUT2D eigenvalue weighted by atomic mass is 16.6. The Kier molecular flexibility index (Phi) is 8.04. The van der Waals surface area contributed by atoms with E-state index in [4.69, 9.17) is 9.47 Å². The van der Waals surface area contributed by atoms with Crippen molar-refractivity contribution in [1.82, 2.24) is 4.90 Å². The van der Waals surface area contributed by atoms with E-state index >= 15 is 0 Å². The van der Waals surface area contributed by atoms with E-state index in [1.165, 1.54) is 11.8 Å². The molecule has 2 saturated heterocycles. The van der Waals surface area contributed by atoms with Gasteiger partial charge in [0, 0.05) is 38.6 Å². The van der Waals surface area contributed by atoms with Crippen LogP contribution in [0.15, 0.2) is 36.4 Å². The molecule has 4 atom stereocenters. The number of benzene rings is 1. The Labute approximate surface area is 188 Å². The van der Waals surface area contributed by atoms with Crippen molar-refractivity contribution in [3.8, 4) is 0 Å². The van der Waals surface area contributed by atoms with E-state index in [0.717, 1.165) is 18.4 Å². The van der Waals surface area contributed by atoms with Crippen LogP contribution in [-0.2, 0) is 23.9 Å². The lowest BCUT2D eigenvalue weighted by atomic mass is 9.95. The van der Waals surface area contributed by atoms with E-state index in [1.54, 1.807) is 12.0 Å². The zero-order valence-corrected chi connectivity index (χ0v) is 18.9. The number of ether oxygens (including phenoxy) is 2. The third-order valence-corrected chi connectivity index (χ3v) is 6.08. The summed E-state index contributed by atoms with van der Waals surface area (Å²) in [6.45, 7) is 4.06. The first-order valence-electron chi connectivity index (χ1n) is 11.0. The smallest absolute Gasteiger partial charge is 0.304 e. The first-order valence-corrected chi connectivity index (χ1v) is 11.0. The number of β-lactam (4-membered cyclic amide) rings is 1. The molecule has 1 aromatic carbocycles. The van der Waals surface area contributed by atoms with Gasteiger partial charge in [-0.25, -0.2) is 0 Å². The second-order valence-corrected chi connectivity index (χ2v) is 8.34. The molecule has 8 heteroatoms. The standard InChI is InChI=1S/C24H32N2O6/c1-16(6-4-8-21(29)25-13-5-7-20(25)15-27)24(31-3)18-9-11-19(12-10-18)26-22(30)14-23(26)32-17(2)28/h4,6,9-12,16,20,23-24,27H,5,7-8,13-15H2,1-3H3/b6-4+/t16-,20+,23?,24+/m1/s1. The van der Waals surface area contributed by atoms with Crippen molar-refractivity contribution in [3.63, 3.8) is 0 Å². The molecule has 0 aliphatic carbocycles. The number of methoxy groups -OCH3 is 1. The van der Waals surface area contributed by atoms with Crippen LogP contribution in [0.25, 0.3) is 0 Å². The van der Waals surface area contributed by atoms with Crippen molar-refractivity contribution >= 4 is 23.5 Å². The maximum absolute atomic E-state index is 12.4. The molecule has 2 heterocycles. The second kappa shape index (κ2) is 10.7. The molecular formula is C24H32N2O6. The molecule has 8 nitrogen and oxygen atoms in total. The summed E-state index contributed by atoms with van der Waals surface area (Å²) in [7, 11) is 1.64. The van der Waals surface area contributed by atoms with Gasteiger partial charge in [-0.3, -0.25) is 19.3 Å². The maximum Gasteiger partial charge on any atom is 0.304 e. The zero-order valence-electron chi connectivity index (χ0n) is 18.9. The van der Waals surface area contributed by atoms with Crippen LogP contribution in [0.1, 0.15) is 51.2 Å². The monoisotopic (exact) mass is 444 g/mol. The summed E-state index contributed by atoms with van der Waals surface area (Å²) in [5, 5.41) is 9.40. The minimum atomic E-state index is -0.551. The molecule has 32 heavy (non-hydrogen) atoms. The molecule has 0 spiro atoms. The van der Waals surface area contributed by atoms with Crippen LogP contribution in [0.3, 0.4) is 0 Å². The Balaban J connectivity index is 1.59. The molecule has 0 radical (unpaired) electrons. The first-order chi connectivity index (χ1) is 15.3. The Bertz CT molecular complexity index is 853. The first kappa shape index (κ1) is 23.9. The summed E-state index contributed by atoms with van der Waals surface area (Å²) in [6.07, 6.45) is 5.35. The van der Waals surface area contributed by atoms with Gasteiger partial charge in [-0.15, -0.1) is 0 Å². The maximum atomic E-state index is 12.4. The number of carbonyl (C=O) groups is 3. The van der Waals surface area contributed by atoms with Gasteiger partial charge in [0.2, 0.25) is 11.8 Å². The van der Waals surface area contributed by atoms with Gasteiger partial charge in [0.15, 0.2) is 6.23 Å². The van der Waals surface area contributed by atoms with Crippen molar-refractivity contribution in [1.29, 1.82) is 0 Å². The fourth-order valence-corrected chi connectivity index (χ4v) is 4.42. The number of nitrogens with zero attached hydrogens (tertiary/aromatic N) is 2. The zero-order chi connectivity index (χ0) is 23.3. The van der Waals surface area contributed by atoms with E-state index < -0.39 is 12.2 Å². The topological polar surface area (TPSA) is 96.4 Å². The van der Waals surface area contributed by atoms with E-state index in [1.807, 2.05) is 43.3 Å². The number of esters is 1. The number of rotatable bonds is 9. The molecule has 0 bridgehead atoms. The lowest BCUT2D eigenvalue weighted by molar-refractivity contribution is -0.153. The number of aliphatic hydroxyl groups is 1. The van der Waals surface area contributed by atoms with Crippen LogP contribution < -0.4 is 4.90 Å². The van der Waals surface area contributed by atoms with E-state index in [0.29, 0.717) is 18.7 Å². The molecule has 1 N–H and O–H groups in total. The highest BCUT2D eigenvalue weighted by molar-refractivity contribution is 6.00. The summed E-state index contributed by atoms with van der Waals surface area (Å²) in [6, 6.07) is 7.36. The molecular weight excluding hydrogens is 412 g/mol. The molecule has 2 amide bonds. The molecule has 174 valence electrons. The third-order valence-electron chi connectivity index (χ3n) is 6.08. The van der Waals surface area contributed by atoms with Gasteiger partial charge in [0.25, 0.3) is 0 Å². The van der Waals surface area contributed by atoms with Crippen LogP contribution >= 0.6 is 0 Å². The predicted octanol–water partition coefficient (Wildman–Crippen LogP) is 2.57. The minimum Gasteiger partial charge on any atom is -0.441 e. The van der Waals surface area contributed by atoms with E-state index in [2.05, 4.69) is 0 Å². The Morgan fingerprint density at radius 2 is 2.00 bits per heavy atom. The highest BCUT2D eigenvalue weighted by Gasteiger charge is 2.39. The van der Waals surface area contributed by atoms with Crippen molar-refractivity contribution in [2.24, 2.45) is 5.92 Å². The van der Waals surface area contributed by atoms with Gasteiger partial charge in [-0.1, -0.05) is 31.2 Å². The Morgan fingerprint density at radius 3 is 2.59 bits per heavy atom. The van der Waals surface area contributed by atoms with E-state index in [9.17, 15) is 19.5 Å². The van der Waals surface area contributed by atoms with Gasteiger partial charge < -0.3 is 19.5 Å². The SMILES string of the molecule is CO[C@H](c1ccc(N2C(=O)CC2OC(C)=O)cc1)[C@H](C)/C=C/CC(=O)N1CCC[C@H]1CO. The summed E-state index contributed by atoms with van der Waals surface area (Å²) >= 11 is 0. The Morgan fingerprint density at radius 1 is 1.28 bits per heavy atom. The van der Waals surface area contributed by atoms with Crippen LogP contribution in [0.5, 0.6) is 0 Å². The minimum absolute atomic E-state index is 0.0122. The van der Waals surface area contributed by atoms with Gasteiger partial charge in [0.05, 0.1) is 25.2 Å². The van der Waals surface area contributed by atoms with Crippen molar-refractivity contribution in [2.75, 3.05) is 25.2 Å². The molecule has 1 aromatic rings. The van der Waals surface area contributed by atoms with Gasteiger partial charge in [-0.2, -0.15) is 0 Å². The largest absolute Gasteiger partial charge is 0.441 e. The summed E-state index contributed by atoms with van der Waals surface area (Å²) in [5.41, 5.74) is 1.61.